The van der Waals surface area contributed by atoms with Gasteiger partial charge < -0.3 is 10.3 Å². The van der Waals surface area contributed by atoms with Crippen molar-refractivity contribution in [2.75, 3.05) is 6.54 Å². The van der Waals surface area contributed by atoms with Crippen molar-refractivity contribution < 1.29 is 4.79 Å². The van der Waals surface area contributed by atoms with Crippen LogP contribution in [0.4, 0.5) is 0 Å². The van der Waals surface area contributed by atoms with Crippen LogP contribution >= 0.6 is 0 Å². The molecular weight excluding hydrogens is 294 g/mol. The highest BCUT2D eigenvalue weighted by Crippen LogP contribution is 2.36. The molecule has 0 radical (unpaired) electrons. The maximum absolute atomic E-state index is 12.2. The number of fused-ring (bicyclic) bond motifs is 1. The largest absolute Gasteiger partial charge is 0.352 e. The summed E-state index contributed by atoms with van der Waals surface area (Å²) in [6, 6.07) is 5.12. The molecule has 0 fully saturated rings. The lowest BCUT2D eigenvalue weighted by atomic mass is 10.0. The summed E-state index contributed by atoms with van der Waals surface area (Å²) in [6.45, 7) is 0.472. The number of aryl methyl sites for hydroxylation is 1. The van der Waals surface area contributed by atoms with Crippen molar-refractivity contribution in [1.29, 1.82) is 0 Å². The third-order valence-electron chi connectivity index (χ3n) is 4.03. The molecule has 3 rings (SSSR count). The molecule has 0 spiro atoms. The minimum absolute atomic E-state index is 0.190. The first-order valence-corrected chi connectivity index (χ1v) is 7.39. The Labute approximate surface area is 132 Å². The van der Waals surface area contributed by atoms with Crippen LogP contribution in [0.2, 0.25) is 0 Å². The van der Waals surface area contributed by atoms with E-state index in [1.54, 1.807) is 25.2 Å². The molecule has 0 atom stereocenters. The van der Waals surface area contributed by atoms with Gasteiger partial charge in [-0.1, -0.05) is 0 Å². The lowest BCUT2D eigenvalue weighted by molar-refractivity contribution is 0.0952. The second kappa shape index (κ2) is 5.72. The van der Waals surface area contributed by atoms with Crippen molar-refractivity contribution in [2.45, 2.75) is 24.9 Å². The van der Waals surface area contributed by atoms with Gasteiger partial charge in [-0.05, 0) is 18.2 Å². The number of hydrogen-bond acceptors (Lipinski definition) is 4. The smallest absolute Gasteiger partial charge is 0.326 e. The molecule has 23 heavy (non-hydrogen) atoms. The number of H-pyrrole nitrogens is 1. The van der Waals surface area contributed by atoms with Gasteiger partial charge in [0.2, 0.25) is 0 Å². The minimum Gasteiger partial charge on any atom is -0.352 e. The van der Waals surface area contributed by atoms with Crippen LogP contribution in [0, 0.1) is 12.3 Å². The summed E-state index contributed by atoms with van der Waals surface area (Å²) in [7, 11) is 1.68. The molecule has 1 aliphatic heterocycles. The molecule has 7 heteroatoms. The Morgan fingerprint density at radius 2 is 2.22 bits per heavy atom. The van der Waals surface area contributed by atoms with Gasteiger partial charge in [0.1, 0.15) is 0 Å². The van der Waals surface area contributed by atoms with Crippen molar-refractivity contribution in [3.8, 4) is 12.3 Å². The Kier molecular flexibility index (Phi) is 3.74. The molecule has 2 heterocycles. The van der Waals surface area contributed by atoms with Crippen LogP contribution < -0.4 is 11.0 Å². The quantitative estimate of drug-likeness (QED) is 0.793. The number of amides is 1. The fourth-order valence-corrected chi connectivity index (χ4v) is 2.52. The normalized spacial score (nSPS) is 14.6. The van der Waals surface area contributed by atoms with Gasteiger partial charge in [-0.3, -0.25) is 9.36 Å². The van der Waals surface area contributed by atoms with Gasteiger partial charge in [0.25, 0.3) is 5.91 Å². The number of carbonyl (C=O) groups excluding carboxylic acids is 1. The fraction of sp³-hybridized carbons (Fsp3) is 0.375. The Bertz CT molecular complexity index is 878. The highest BCUT2D eigenvalue weighted by molar-refractivity contribution is 5.97. The first kappa shape index (κ1) is 15.0. The number of benzene rings is 1. The van der Waals surface area contributed by atoms with Gasteiger partial charge in [-0.15, -0.1) is 12.3 Å². The van der Waals surface area contributed by atoms with Crippen LogP contribution in [-0.4, -0.2) is 27.7 Å². The van der Waals surface area contributed by atoms with E-state index < -0.39 is 5.66 Å². The number of imidazole rings is 1. The zero-order chi connectivity index (χ0) is 16.4. The van der Waals surface area contributed by atoms with Crippen LogP contribution in [0.25, 0.3) is 11.0 Å². The maximum Gasteiger partial charge on any atom is 0.326 e. The Hall–Kier alpha value is -2.88. The number of nitrogens with zero attached hydrogens (tertiary/aromatic N) is 3. The monoisotopic (exact) mass is 311 g/mol. The van der Waals surface area contributed by atoms with Gasteiger partial charge >= 0.3 is 5.69 Å². The Morgan fingerprint density at radius 3 is 2.91 bits per heavy atom. The van der Waals surface area contributed by atoms with E-state index in [1.165, 1.54) is 4.57 Å². The molecular formula is C16H17N5O2. The summed E-state index contributed by atoms with van der Waals surface area (Å²) in [5.74, 6) is 2.38. The predicted molar refractivity (Wildman–Crippen MR) is 86.1 cm³/mol. The topological polar surface area (TPSA) is 91.6 Å². The third kappa shape index (κ3) is 3.01. The molecule has 1 aliphatic rings. The molecule has 0 saturated heterocycles. The van der Waals surface area contributed by atoms with Crippen molar-refractivity contribution in [3.63, 3.8) is 0 Å². The van der Waals surface area contributed by atoms with Crippen LogP contribution in [0.3, 0.4) is 0 Å². The van der Waals surface area contributed by atoms with Gasteiger partial charge in [0.15, 0.2) is 5.66 Å². The molecule has 2 N–H and O–H groups in total. The lowest BCUT2D eigenvalue weighted by Gasteiger charge is -2.10. The molecule has 1 aromatic heterocycles. The number of aromatic nitrogens is 2. The highest BCUT2D eigenvalue weighted by Gasteiger charge is 2.38. The third-order valence-corrected chi connectivity index (χ3v) is 4.03. The van der Waals surface area contributed by atoms with Gasteiger partial charge in [0, 0.05) is 38.4 Å². The van der Waals surface area contributed by atoms with Gasteiger partial charge in [-0.25, -0.2) is 4.79 Å². The number of nitrogens with one attached hydrogen (secondary N) is 2. The van der Waals surface area contributed by atoms with Gasteiger partial charge in [-0.2, -0.15) is 10.2 Å². The number of aromatic amines is 1. The van der Waals surface area contributed by atoms with E-state index in [0.717, 1.165) is 11.9 Å². The molecule has 0 unspecified atom stereocenters. The van der Waals surface area contributed by atoms with Crippen molar-refractivity contribution >= 4 is 16.9 Å². The number of hydrogen-bond donors (Lipinski definition) is 2. The average molecular weight is 311 g/mol. The molecule has 7 nitrogen and oxygen atoms in total. The molecule has 0 aliphatic carbocycles. The summed E-state index contributed by atoms with van der Waals surface area (Å²) in [6.07, 6.45) is 7.23. The first-order valence-electron chi connectivity index (χ1n) is 7.39. The zero-order valence-corrected chi connectivity index (χ0v) is 12.8. The van der Waals surface area contributed by atoms with E-state index in [1.807, 2.05) is 0 Å². The first-order chi connectivity index (χ1) is 11.0. The summed E-state index contributed by atoms with van der Waals surface area (Å²) in [5.41, 5.74) is 1.30. The van der Waals surface area contributed by atoms with Crippen molar-refractivity contribution in [2.24, 2.45) is 17.3 Å². The van der Waals surface area contributed by atoms with Crippen LogP contribution in [0.5, 0.6) is 0 Å². The molecule has 1 aromatic carbocycles. The van der Waals surface area contributed by atoms with E-state index in [0.29, 0.717) is 30.5 Å². The minimum atomic E-state index is -0.395. The average Bonchev–Trinajstić information content (AvgIpc) is 3.26. The maximum atomic E-state index is 12.2. The molecule has 2 aromatic rings. The van der Waals surface area contributed by atoms with Crippen LogP contribution in [0.1, 0.15) is 29.6 Å². The van der Waals surface area contributed by atoms with Crippen LogP contribution in [-0.2, 0) is 7.05 Å². The van der Waals surface area contributed by atoms with Crippen LogP contribution in [0.15, 0.2) is 33.2 Å². The summed E-state index contributed by atoms with van der Waals surface area (Å²) < 4.78 is 1.50. The summed E-state index contributed by atoms with van der Waals surface area (Å²) in [4.78, 5) is 26.5. The molecule has 118 valence electrons. The Morgan fingerprint density at radius 1 is 1.43 bits per heavy atom. The van der Waals surface area contributed by atoms with Crippen molar-refractivity contribution in [1.82, 2.24) is 14.9 Å². The molecule has 0 saturated carbocycles. The summed E-state index contributed by atoms with van der Waals surface area (Å²) in [5, 5.41) is 10.9. The second-order valence-electron chi connectivity index (χ2n) is 5.61. The van der Waals surface area contributed by atoms with E-state index in [9.17, 15) is 9.59 Å². The number of carbonyl (C=O) groups is 1. The summed E-state index contributed by atoms with van der Waals surface area (Å²) >= 11 is 0. The zero-order valence-electron chi connectivity index (χ0n) is 12.8. The Balaban J connectivity index is 1.60. The lowest BCUT2D eigenvalue weighted by Crippen LogP contribution is -2.28. The fourth-order valence-electron chi connectivity index (χ4n) is 2.52. The van der Waals surface area contributed by atoms with E-state index >= 15 is 0 Å². The number of terminal acetylenes is 1. The number of rotatable bonds is 6. The SMILES string of the molecule is C#CCCC1(CCNC(=O)c2ccc3c(c2)[nH]c(=O)n3C)N=N1. The van der Waals surface area contributed by atoms with Gasteiger partial charge in [0.05, 0.1) is 11.0 Å². The highest BCUT2D eigenvalue weighted by atomic mass is 16.2. The molecule has 1 amide bonds. The molecule has 0 bridgehead atoms. The van der Waals surface area contributed by atoms with Crippen molar-refractivity contribution in [3.05, 3.63) is 34.2 Å². The van der Waals surface area contributed by atoms with E-state index in [-0.39, 0.29) is 11.6 Å². The standard InChI is InChI=1S/C16H17N5O2/c1-3-4-7-16(19-20-16)8-9-17-14(22)11-5-6-13-12(10-11)18-15(23)21(13)2/h1,5-6,10H,4,7-9H2,2H3,(H,17,22)(H,18,23). The van der Waals surface area contributed by atoms with E-state index in [2.05, 4.69) is 26.4 Å². The van der Waals surface area contributed by atoms with E-state index in [4.69, 9.17) is 6.42 Å². The predicted octanol–water partition coefficient (Wildman–Crippen LogP) is 1.56. The second-order valence-corrected chi connectivity index (χ2v) is 5.61.